The molecule has 2 atom stereocenters. The lowest BCUT2D eigenvalue weighted by Crippen LogP contribution is -2.38. The molecule has 2 aliphatic rings. The molecule has 0 saturated carbocycles. The maximum absolute atomic E-state index is 13.0. The van der Waals surface area contributed by atoms with Gasteiger partial charge in [0.15, 0.2) is 5.75 Å². The summed E-state index contributed by atoms with van der Waals surface area (Å²) in [5.41, 5.74) is 2.02. The number of hydrogen-bond acceptors (Lipinski definition) is 7. The van der Waals surface area contributed by atoms with E-state index in [1.54, 1.807) is 18.3 Å². The second kappa shape index (κ2) is 7.71. The molecule has 0 radical (unpaired) electrons. The number of nitro groups is 1. The van der Waals surface area contributed by atoms with E-state index < -0.39 is 22.5 Å². The summed E-state index contributed by atoms with van der Waals surface area (Å²) in [6.45, 7) is 8.74. The van der Waals surface area contributed by atoms with Crippen LogP contribution >= 0.6 is 11.3 Å². The lowest BCUT2D eigenvalue weighted by atomic mass is 9.72. The molecule has 0 spiro atoms. The smallest absolute Gasteiger partial charge is 0.315 e. The van der Waals surface area contributed by atoms with Crippen LogP contribution in [0.5, 0.6) is 11.5 Å². The molecule has 1 aromatic carbocycles. The topological polar surface area (TPSA) is 114 Å². The average Bonchev–Trinajstić information content (AvgIpc) is 3.06. The highest BCUT2D eigenvalue weighted by Gasteiger charge is 2.37. The van der Waals surface area contributed by atoms with E-state index in [0.717, 1.165) is 29.8 Å². The molecular formula is C22H27N3O5S. The van der Waals surface area contributed by atoms with Crippen LogP contribution in [0.25, 0.3) is 0 Å². The molecule has 8 nitrogen and oxygen atoms in total. The largest absolute Gasteiger partial charge is 0.500 e. The van der Waals surface area contributed by atoms with E-state index in [1.165, 1.54) is 17.0 Å². The Morgan fingerprint density at radius 3 is 2.71 bits per heavy atom. The van der Waals surface area contributed by atoms with Crippen LogP contribution in [0.2, 0.25) is 0 Å². The summed E-state index contributed by atoms with van der Waals surface area (Å²) in [5, 5.41) is 28.6. The van der Waals surface area contributed by atoms with Crippen molar-refractivity contribution >= 4 is 27.9 Å². The molecule has 9 heteroatoms. The van der Waals surface area contributed by atoms with Crippen molar-refractivity contribution in [2.75, 3.05) is 11.9 Å². The van der Waals surface area contributed by atoms with Crippen molar-refractivity contribution in [3.8, 4) is 11.5 Å². The number of phenolic OH excluding ortho intramolecular Hbond substituents is 1. The first-order valence-electron chi connectivity index (χ1n) is 10.5. The van der Waals surface area contributed by atoms with Crippen molar-refractivity contribution in [1.29, 1.82) is 0 Å². The summed E-state index contributed by atoms with van der Waals surface area (Å²) in [6.07, 6.45) is 2.23. The molecule has 3 N–H and O–H groups in total. The molecule has 1 aromatic heterocycles. The van der Waals surface area contributed by atoms with Crippen molar-refractivity contribution in [2.24, 2.45) is 11.3 Å². The van der Waals surface area contributed by atoms with Gasteiger partial charge < -0.3 is 20.5 Å². The van der Waals surface area contributed by atoms with Gasteiger partial charge in [-0.15, -0.1) is 11.3 Å². The highest BCUT2D eigenvalue weighted by molar-refractivity contribution is 7.16. The minimum atomic E-state index is -0.659. The fourth-order valence-electron chi connectivity index (χ4n) is 4.39. The molecule has 2 heterocycles. The first-order valence-corrected chi connectivity index (χ1v) is 11.3. The van der Waals surface area contributed by atoms with Crippen molar-refractivity contribution in [1.82, 2.24) is 5.32 Å². The molecule has 31 heavy (non-hydrogen) atoms. The second-order valence-electron chi connectivity index (χ2n) is 9.14. The number of fused-ring (bicyclic) bond motifs is 3. The third-order valence-corrected chi connectivity index (χ3v) is 7.36. The van der Waals surface area contributed by atoms with Crippen LogP contribution in [0.15, 0.2) is 12.1 Å². The van der Waals surface area contributed by atoms with Gasteiger partial charge in [-0.1, -0.05) is 20.8 Å². The van der Waals surface area contributed by atoms with Gasteiger partial charge in [0.1, 0.15) is 11.2 Å². The van der Waals surface area contributed by atoms with Crippen LogP contribution in [0.1, 0.15) is 66.6 Å². The molecule has 0 unspecified atom stereocenters. The second-order valence-corrected chi connectivity index (χ2v) is 10.2. The number of nitrogens with one attached hydrogen (secondary N) is 2. The number of carbonyl (C=O) groups is 1. The third kappa shape index (κ3) is 3.82. The van der Waals surface area contributed by atoms with Gasteiger partial charge in [-0.25, -0.2) is 0 Å². The number of hydrogen-bond donors (Lipinski definition) is 3. The normalized spacial score (nSPS) is 20.3. The Kier molecular flexibility index (Phi) is 5.33. The van der Waals surface area contributed by atoms with Gasteiger partial charge in [-0.05, 0) is 49.1 Å². The van der Waals surface area contributed by atoms with Gasteiger partial charge in [0.25, 0.3) is 5.91 Å². The molecule has 2 aromatic rings. The number of ether oxygens (including phenoxy) is 1. The van der Waals surface area contributed by atoms with Gasteiger partial charge in [0, 0.05) is 16.5 Å². The van der Waals surface area contributed by atoms with Crippen LogP contribution < -0.4 is 15.4 Å². The fourth-order valence-corrected chi connectivity index (χ4v) is 5.74. The Hall–Kier alpha value is -2.81. The van der Waals surface area contributed by atoms with E-state index in [1.807, 2.05) is 0 Å². The van der Waals surface area contributed by atoms with Crippen LogP contribution in [0.3, 0.4) is 0 Å². The minimum Gasteiger partial charge on any atom is -0.500 e. The van der Waals surface area contributed by atoms with Gasteiger partial charge in [-0.2, -0.15) is 0 Å². The molecule has 1 amide bonds. The number of nitrogens with zero attached hydrogens (tertiary/aromatic N) is 1. The number of benzene rings is 1. The molecule has 0 fully saturated rings. The summed E-state index contributed by atoms with van der Waals surface area (Å²) in [6, 6.07) is 2.79. The lowest BCUT2D eigenvalue weighted by Gasteiger charge is -2.34. The molecule has 0 saturated heterocycles. The van der Waals surface area contributed by atoms with Gasteiger partial charge in [0.2, 0.25) is 5.75 Å². The van der Waals surface area contributed by atoms with Gasteiger partial charge in [-0.3, -0.25) is 14.9 Å². The van der Waals surface area contributed by atoms with Crippen LogP contribution in [0.4, 0.5) is 10.7 Å². The fraction of sp³-hybridized carbons (Fsp3) is 0.500. The predicted octanol–water partition coefficient (Wildman–Crippen LogP) is 4.77. The zero-order valence-electron chi connectivity index (χ0n) is 18.1. The maximum atomic E-state index is 13.0. The molecule has 1 aliphatic carbocycles. The van der Waals surface area contributed by atoms with E-state index in [-0.39, 0.29) is 23.7 Å². The van der Waals surface area contributed by atoms with Crippen LogP contribution in [-0.4, -0.2) is 22.5 Å². The Morgan fingerprint density at radius 1 is 1.32 bits per heavy atom. The zero-order valence-corrected chi connectivity index (χ0v) is 18.9. The quantitative estimate of drug-likeness (QED) is 0.462. The number of aromatic hydroxyl groups is 1. The number of nitro benzene ring substituents is 1. The van der Waals surface area contributed by atoms with E-state index in [2.05, 4.69) is 31.4 Å². The van der Waals surface area contributed by atoms with Crippen molar-refractivity contribution in [3.05, 3.63) is 43.8 Å². The summed E-state index contributed by atoms with van der Waals surface area (Å²) in [5.74, 6) is -0.114. The van der Waals surface area contributed by atoms with E-state index >= 15 is 0 Å². The number of rotatable bonds is 4. The Balaban J connectivity index is 1.69. The van der Waals surface area contributed by atoms with Crippen molar-refractivity contribution < 1.29 is 19.6 Å². The first kappa shape index (κ1) is 21.4. The Morgan fingerprint density at radius 2 is 2.06 bits per heavy atom. The molecular weight excluding hydrogens is 418 g/mol. The number of carbonyl (C=O) groups excluding carboxylic acids is 1. The highest BCUT2D eigenvalue weighted by atomic mass is 32.1. The number of amides is 1. The number of anilines is 1. The maximum Gasteiger partial charge on any atom is 0.315 e. The molecule has 4 rings (SSSR count). The summed E-state index contributed by atoms with van der Waals surface area (Å²) in [7, 11) is 0. The van der Waals surface area contributed by atoms with E-state index in [4.69, 9.17) is 4.74 Å². The monoisotopic (exact) mass is 445 g/mol. The van der Waals surface area contributed by atoms with Crippen LogP contribution in [-0.2, 0) is 12.8 Å². The minimum absolute atomic E-state index is 0.0204. The summed E-state index contributed by atoms with van der Waals surface area (Å²) < 4.78 is 5.37. The van der Waals surface area contributed by atoms with Gasteiger partial charge in [0.05, 0.1) is 17.1 Å². The van der Waals surface area contributed by atoms with Crippen molar-refractivity contribution in [2.45, 2.75) is 53.1 Å². The van der Waals surface area contributed by atoms with E-state index in [9.17, 15) is 20.0 Å². The van der Waals surface area contributed by atoms with Crippen molar-refractivity contribution in [3.63, 3.8) is 0 Å². The Labute approximate surface area is 184 Å². The summed E-state index contributed by atoms with van der Waals surface area (Å²) in [4.78, 5) is 25.0. The molecule has 166 valence electrons. The number of phenols is 1. The summed E-state index contributed by atoms with van der Waals surface area (Å²) >= 11 is 1.60. The third-order valence-electron chi connectivity index (χ3n) is 6.17. The molecule has 1 aliphatic heterocycles. The standard InChI is InChI=1S/C22H27N3O5S/c1-5-30-15-9-11(8-14(18(15)26)25(28)29)19-23-20(27)17-13-7-6-12(22(2,3)4)10-16(13)31-21(17)24-19/h8-9,12,19,24,26H,5-7,10H2,1-4H3,(H,23,27)/t12-,19-/m1/s1. The van der Waals surface area contributed by atoms with E-state index in [0.29, 0.717) is 17.0 Å². The molecule has 0 bridgehead atoms. The Bertz CT molecular complexity index is 1060. The van der Waals surface area contributed by atoms with Crippen LogP contribution in [0, 0.1) is 21.4 Å². The predicted molar refractivity (Wildman–Crippen MR) is 119 cm³/mol. The number of thiophene rings is 1. The SMILES string of the molecule is CCOc1cc([C@@H]2NC(=O)c3c(sc4c3CC[C@@H](C(C)(C)C)C4)N2)cc([N+](=O)[O-])c1O. The lowest BCUT2D eigenvalue weighted by molar-refractivity contribution is -0.386. The highest BCUT2D eigenvalue weighted by Crippen LogP contribution is 2.47. The zero-order chi connectivity index (χ0) is 22.5. The van der Waals surface area contributed by atoms with Gasteiger partial charge >= 0.3 is 5.69 Å². The first-order chi connectivity index (χ1) is 14.6. The average molecular weight is 446 g/mol.